The van der Waals surface area contributed by atoms with Crippen molar-refractivity contribution in [2.45, 2.75) is 174 Å². The van der Waals surface area contributed by atoms with Crippen molar-refractivity contribution in [3.05, 3.63) is 97.2 Å². The Morgan fingerprint density at radius 1 is 0.517 bits per heavy atom. The Kier molecular flexibility index (Phi) is 39.3. The predicted octanol–water partition coefficient (Wildman–Crippen LogP) is 11.7. The van der Waals surface area contributed by atoms with Gasteiger partial charge in [0.25, 0.3) is 0 Å². The molecule has 0 saturated heterocycles. The van der Waals surface area contributed by atoms with E-state index in [9.17, 15) is 19.5 Å². The quantitative estimate of drug-likeness (QED) is 0.0199. The van der Waals surface area contributed by atoms with Crippen molar-refractivity contribution >= 4 is 17.9 Å². The highest BCUT2D eigenvalue weighted by atomic mass is 16.6. The first-order valence-corrected chi connectivity index (χ1v) is 23.3. The number of carbonyl (C=O) groups excluding carboxylic acids is 3. The molecule has 60 heavy (non-hydrogen) atoms. The van der Waals surface area contributed by atoms with Gasteiger partial charge in [-0.05, 0) is 70.6 Å². The molecule has 2 atom stereocenters. The zero-order valence-electron chi connectivity index (χ0n) is 38.6. The Hall–Kier alpha value is -3.75. The van der Waals surface area contributed by atoms with E-state index in [0.29, 0.717) is 12.8 Å². The molecule has 8 nitrogen and oxygen atoms in total. The van der Waals surface area contributed by atoms with Gasteiger partial charge in [0.2, 0.25) is 0 Å². The summed E-state index contributed by atoms with van der Waals surface area (Å²) >= 11 is 0. The zero-order chi connectivity index (χ0) is 44.2. The molecule has 0 aromatic carbocycles. The standard InChI is InChI=1S/C52H85NO7/c1-6-8-10-12-14-16-18-20-21-22-23-24-25-26-27-28-29-31-33-35-37-39-41-43-51(55)60-48(46-58-45-44-49(52(56)57)53(3,4)5)47-59-50(54)42-40-38-36-34-32-30-19-17-15-13-11-9-7-2/h8-11,13-17,19-21,23-24,30,32,48-49H,6-7,12,18,22,25-29,31,33-47H2,1-5H3/b10-8+,11-9+,15-13+,16-14+,19-17+,21-20+,24-23+,32-30+. The Morgan fingerprint density at radius 3 is 1.52 bits per heavy atom. The molecule has 0 heterocycles. The topological polar surface area (TPSA) is 102 Å². The van der Waals surface area contributed by atoms with Gasteiger partial charge in [-0.15, -0.1) is 0 Å². The minimum Gasteiger partial charge on any atom is -0.544 e. The lowest BCUT2D eigenvalue weighted by Crippen LogP contribution is -2.55. The molecule has 0 spiro atoms. The number of carbonyl (C=O) groups is 3. The number of nitrogens with zero attached hydrogens (tertiary/aromatic N) is 1. The van der Waals surface area contributed by atoms with E-state index in [2.05, 4.69) is 74.6 Å². The minimum absolute atomic E-state index is 0.0202. The first-order chi connectivity index (χ1) is 29.1. The number of rotatable bonds is 40. The third-order valence-corrected chi connectivity index (χ3v) is 9.81. The number of ether oxygens (including phenoxy) is 3. The van der Waals surface area contributed by atoms with Crippen LogP contribution in [0.15, 0.2) is 97.2 Å². The number of allylic oxidation sites excluding steroid dienone is 16. The molecule has 0 aromatic rings. The van der Waals surface area contributed by atoms with Gasteiger partial charge in [-0.25, -0.2) is 0 Å². The van der Waals surface area contributed by atoms with Gasteiger partial charge in [0.05, 0.1) is 40.3 Å². The summed E-state index contributed by atoms with van der Waals surface area (Å²) in [5.74, 6) is -1.80. The molecule has 0 bridgehead atoms. The number of likely N-dealkylation sites (N-methyl/N-ethyl adjacent to an activating group) is 1. The van der Waals surface area contributed by atoms with Crippen LogP contribution < -0.4 is 5.11 Å². The highest BCUT2D eigenvalue weighted by Crippen LogP contribution is 2.14. The molecule has 0 amide bonds. The molecule has 0 rings (SSSR count). The van der Waals surface area contributed by atoms with E-state index in [-0.39, 0.29) is 42.7 Å². The van der Waals surface area contributed by atoms with Gasteiger partial charge in [-0.2, -0.15) is 0 Å². The maximum absolute atomic E-state index is 12.8. The van der Waals surface area contributed by atoms with Gasteiger partial charge < -0.3 is 28.6 Å². The first kappa shape index (κ1) is 56.2. The lowest BCUT2D eigenvalue weighted by atomic mass is 10.0. The lowest BCUT2D eigenvalue weighted by Gasteiger charge is -2.34. The highest BCUT2D eigenvalue weighted by molar-refractivity contribution is 5.70. The number of unbranched alkanes of at least 4 members (excludes halogenated alkanes) is 13. The average Bonchev–Trinajstić information content (AvgIpc) is 3.21. The van der Waals surface area contributed by atoms with Gasteiger partial charge >= 0.3 is 11.9 Å². The molecule has 0 saturated carbocycles. The fraction of sp³-hybridized carbons (Fsp3) is 0.635. The van der Waals surface area contributed by atoms with Crippen molar-refractivity contribution in [3.8, 4) is 0 Å². The molecule has 0 aliphatic heterocycles. The Morgan fingerprint density at radius 2 is 0.967 bits per heavy atom. The van der Waals surface area contributed by atoms with Crippen LogP contribution in [0.3, 0.4) is 0 Å². The van der Waals surface area contributed by atoms with E-state index < -0.39 is 18.1 Å². The molecule has 0 radical (unpaired) electrons. The summed E-state index contributed by atoms with van der Waals surface area (Å²) in [6.07, 6.45) is 55.8. The van der Waals surface area contributed by atoms with Crippen LogP contribution in [-0.4, -0.2) is 75.5 Å². The highest BCUT2D eigenvalue weighted by Gasteiger charge is 2.25. The molecule has 0 aliphatic rings. The number of esters is 2. The van der Waals surface area contributed by atoms with Crippen molar-refractivity contribution in [1.82, 2.24) is 0 Å². The number of carboxylic acids is 1. The van der Waals surface area contributed by atoms with Crippen molar-refractivity contribution < 1.29 is 38.2 Å². The summed E-state index contributed by atoms with van der Waals surface area (Å²) < 4.78 is 17.1. The second-order valence-electron chi connectivity index (χ2n) is 16.3. The summed E-state index contributed by atoms with van der Waals surface area (Å²) in [6, 6.07) is -0.738. The SMILES string of the molecule is CC/C=C/C=C/C=C/C=C/CCCCCC(=O)OCC(COCCC(C(=O)[O-])[N+](C)(C)C)OC(=O)CCCCCCCCCCCC/C=C/C/C=C/C/C=C/C/C=C/CC. The molecular weight excluding hydrogens is 751 g/mol. The summed E-state index contributed by atoms with van der Waals surface area (Å²) in [6.45, 7) is 4.34. The summed E-state index contributed by atoms with van der Waals surface area (Å²) in [5.41, 5.74) is 0. The second kappa shape index (κ2) is 42.0. The Bertz CT molecular complexity index is 1300. The maximum Gasteiger partial charge on any atom is 0.306 e. The van der Waals surface area contributed by atoms with Crippen LogP contribution in [0.4, 0.5) is 0 Å². The van der Waals surface area contributed by atoms with Crippen molar-refractivity contribution in [1.29, 1.82) is 0 Å². The normalized spacial score (nSPS) is 13.8. The van der Waals surface area contributed by atoms with Crippen LogP contribution in [0, 0.1) is 0 Å². The van der Waals surface area contributed by atoms with E-state index in [4.69, 9.17) is 14.2 Å². The van der Waals surface area contributed by atoms with Gasteiger partial charge in [-0.3, -0.25) is 9.59 Å². The largest absolute Gasteiger partial charge is 0.544 e. The third kappa shape index (κ3) is 39.7. The summed E-state index contributed by atoms with van der Waals surface area (Å²) in [5, 5.41) is 11.6. The van der Waals surface area contributed by atoms with Crippen molar-refractivity contribution in [3.63, 3.8) is 0 Å². The fourth-order valence-corrected chi connectivity index (χ4v) is 6.25. The van der Waals surface area contributed by atoms with Crippen LogP contribution in [0.2, 0.25) is 0 Å². The van der Waals surface area contributed by atoms with Crippen molar-refractivity contribution in [2.75, 3.05) is 41.0 Å². The molecule has 0 fully saturated rings. The van der Waals surface area contributed by atoms with E-state index in [0.717, 1.165) is 83.5 Å². The smallest absolute Gasteiger partial charge is 0.306 e. The van der Waals surface area contributed by atoms with Crippen molar-refractivity contribution in [2.24, 2.45) is 0 Å². The fourth-order valence-electron chi connectivity index (χ4n) is 6.25. The number of hydrogen-bond acceptors (Lipinski definition) is 7. The number of quaternary nitrogens is 1. The van der Waals surface area contributed by atoms with E-state index in [1.165, 1.54) is 44.9 Å². The third-order valence-electron chi connectivity index (χ3n) is 9.81. The van der Waals surface area contributed by atoms with Crippen LogP contribution >= 0.6 is 0 Å². The second-order valence-corrected chi connectivity index (χ2v) is 16.3. The van der Waals surface area contributed by atoms with E-state index in [1.807, 2.05) is 36.5 Å². The Balaban J connectivity index is 4.32. The predicted molar refractivity (Wildman–Crippen MR) is 249 cm³/mol. The lowest BCUT2D eigenvalue weighted by molar-refractivity contribution is -0.889. The van der Waals surface area contributed by atoms with Gasteiger partial charge in [0.1, 0.15) is 12.6 Å². The van der Waals surface area contributed by atoms with Crippen LogP contribution in [0.1, 0.15) is 162 Å². The molecular formula is C52H85NO7. The number of hydrogen-bond donors (Lipinski definition) is 0. The van der Waals surface area contributed by atoms with Gasteiger partial charge in [0, 0.05) is 19.3 Å². The summed E-state index contributed by atoms with van der Waals surface area (Å²) in [4.78, 5) is 36.9. The molecule has 0 aromatic heterocycles. The van der Waals surface area contributed by atoms with Crippen LogP contribution in [0.5, 0.6) is 0 Å². The van der Waals surface area contributed by atoms with E-state index >= 15 is 0 Å². The molecule has 0 N–H and O–H groups in total. The van der Waals surface area contributed by atoms with Gasteiger partial charge in [-0.1, -0.05) is 169 Å². The molecule has 0 aliphatic carbocycles. The van der Waals surface area contributed by atoms with Gasteiger partial charge in [0.15, 0.2) is 6.10 Å². The zero-order valence-corrected chi connectivity index (χ0v) is 38.6. The number of carboxylic acid groups (broad SMARTS) is 1. The molecule has 340 valence electrons. The average molecular weight is 836 g/mol. The van der Waals surface area contributed by atoms with Crippen LogP contribution in [0.25, 0.3) is 0 Å². The molecule has 8 heteroatoms. The summed E-state index contributed by atoms with van der Waals surface area (Å²) in [7, 11) is 5.38. The minimum atomic E-state index is -1.14. The monoisotopic (exact) mass is 836 g/mol. The maximum atomic E-state index is 12.8. The molecule has 2 unspecified atom stereocenters. The van der Waals surface area contributed by atoms with E-state index in [1.54, 1.807) is 21.1 Å². The van der Waals surface area contributed by atoms with Crippen LogP contribution in [-0.2, 0) is 28.6 Å². The number of aliphatic carboxylic acids is 1. The Labute approximate surface area is 366 Å². The first-order valence-electron chi connectivity index (χ1n) is 23.3.